The molecule has 0 spiro atoms. The summed E-state index contributed by atoms with van der Waals surface area (Å²) < 4.78 is 0. The SMILES string of the molecule is CC(N)CCC(=O)N(C)CCCCCc1cc(-c2ccccc2)n[nH]1.Cl. The van der Waals surface area contributed by atoms with Crippen molar-refractivity contribution in [2.45, 2.75) is 51.5 Å². The van der Waals surface area contributed by atoms with Crippen LogP contribution in [-0.4, -0.2) is 40.6 Å². The van der Waals surface area contributed by atoms with Crippen LogP contribution < -0.4 is 5.73 Å². The van der Waals surface area contributed by atoms with Gasteiger partial charge >= 0.3 is 0 Å². The van der Waals surface area contributed by atoms with E-state index in [0.717, 1.165) is 49.9 Å². The van der Waals surface area contributed by atoms with Gasteiger partial charge in [0.25, 0.3) is 0 Å². The van der Waals surface area contributed by atoms with Crippen molar-refractivity contribution in [3.05, 3.63) is 42.1 Å². The highest BCUT2D eigenvalue weighted by molar-refractivity contribution is 5.85. The van der Waals surface area contributed by atoms with Crippen LogP contribution in [0.15, 0.2) is 36.4 Å². The summed E-state index contributed by atoms with van der Waals surface area (Å²) >= 11 is 0. The zero-order chi connectivity index (χ0) is 18.1. The van der Waals surface area contributed by atoms with Gasteiger partial charge in [0.2, 0.25) is 5.91 Å². The Morgan fingerprint density at radius 2 is 1.96 bits per heavy atom. The summed E-state index contributed by atoms with van der Waals surface area (Å²) in [5.74, 6) is 0.193. The smallest absolute Gasteiger partial charge is 0.222 e. The number of carbonyl (C=O) groups is 1. The van der Waals surface area contributed by atoms with E-state index in [1.807, 2.05) is 37.1 Å². The van der Waals surface area contributed by atoms with Gasteiger partial charge in [-0.15, -0.1) is 12.4 Å². The van der Waals surface area contributed by atoms with E-state index in [4.69, 9.17) is 5.73 Å². The number of aromatic nitrogens is 2. The van der Waals surface area contributed by atoms with Crippen LogP contribution in [0.1, 0.15) is 44.7 Å². The van der Waals surface area contributed by atoms with Gasteiger partial charge in [0.05, 0.1) is 5.69 Å². The molecular weight excluding hydrogens is 348 g/mol. The first kappa shape index (κ1) is 22.2. The number of benzene rings is 1. The van der Waals surface area contributed by atoms with Gasteiger partial charge in [0.1, 0.15) is 0 Å². The van der Waals surface area contributed by atoms with Crippen molar-refractivity contribution in [2.24, 2.45) is 5.73 Å². The number of halogens is 1. The monoisotopic (exact) mass is 378 g/mol. The lowest BCUT2D eigenvalue weighted by molar-refractivity contribution is -0.130. The van der Waals surface area contributed by atoms with E-state index in [-0.39, 0.29) is 24.4 Å². The Morgan fingerprint density at radius 3 is 2.65 bits per heavy atom. The third kappa shape index (κ3) is 7.58. The van der Waals surface area contributed by atoms with E-state index < -0.39 is 0 Å². The molecule has 0 radical (unpaired) electrons. The van der Waals surface area contributed by atoms with Crippen LogP contribution in [0.2, 0.25) is 0 Å². The molecule has 0 aliphatic rings. The van der Waals surface area contributed by atoms with Crippen molar-refractivity contribution in [3.63, 3.8) is 0 Å². The molecule has 6 heteroatoms. The minimum atomic E-state index is 0. The zero-order valence-corrected chi connectivity index (χ0v) is 16.6. The summed E-state index contributed by atoms with van der Waals surface area (Å²) in [5, 5.41) is 7.51. The van der Waals surface area contributed by atoms with Gasteiger partial charge in [-0.2, -0.15) is 5.10 Å². The highest BCUT2D eigenvalue weighted by atomic mass is 35.5. The first-order chi connectivity index (χ1) is 12.1. The first-order valence-corrected chi connectivity index (χ1v) is 9.15. The fraction of sp³-hybridized carbons (Fsp3) is 0.500. The second-order valence-corrected chi connectivity index (χ2v) is 6.79. The summed E-state index contributed by atoms with van der Waals surface area (Å²) in [7, 11) is 1.88. The van der Waals surface area contributed by atoms with E-state index in [9.17, 15) is 4.79 Å². The van der Waals surface area contributed by atoms with E-state index in [2.05, 4.69) is 28.4 Å². The lowest BCUT2D eigenvalue weighted by atomic mass is 10.1. The molecule has 1 unspecified atom stereocenters. The molecule has 0 aliphatic heterocycles. The van der Waals surface area contributed by atoms with Gasteiger partial charge in [0, 0.05) is 37.3 Å². The molecule has 1 aromatic heterocycles. The molecule has 1 aromatic carbocycles. The number of nitrogens with one attached hydrogen (secondary N) is 1. The molecule has 1 amide bonds. The van der Waals surface area contributed by atoms with Gasteiger partial charge in [0.15, 0.2) is 0 Å². The maximum Gasteiger partial charge on any atom is 0.222 e. The lowest BCUT2D eigenvalue weighted by Gasteiger charge is -2.17. The van der Waals surface area contributed by atoms with E-state index in [0.29, 0.717) is 6.42 Å². The number of hydrogen-bond donors (Lipinski definition) is 2. The molecule has 0 bridgehead atoms. The van der Waals surface area contributed by atoms with E-state index >= 15 is 0 Å². The molecule has 144 valence electrons. The number of rotatable bonds is 10. The van der Waals surface area contributed by atoms with E-state index in [1.54, 1.807) is 0 Å². The van der Waals surface area contributed by atoms with Crippen LogP contribution in [0, 0.1) is 0 Å². The number of hydrogen-bond acceptors (Lipinski definition) is 3. The molecule has 3 N–H and O–H groups in total. The zero-order valence-electron chi connectivity index (χ0n) is 15.8. The largest absolute Gasteiger partial charge is 0.346 e. The van der Waals surface area contributed by atoms with Crippen LogP contribution in [-0.2, 0) is 11.2 Å². The standard InChI is InChI=1S/C20H30N4O.ClH/c1-16(21)12-13-20(25)24(2)14-8-4-7-11-18-15-19(23-22-18)17-9-5-3-6-10-17;/h3,5-6,9-10,15-16H,4,7-8,11-14,21H2,1-2H3,(H,22,23);1H. The van der Waals surface area contributed by atoms with Gasteiger partial charge in [-0.25, -0.2) is 0 Å². The summed E-state index contributed by atoms with van der Waals surface area (Å²) in [4.78, 5) is 13.8. The van der Waals surface area contributed by atoms with Crippen LogP contribution in [0.25, 0.3) is 11.3 Å². The third-order valence-corrected chi connectivity index (χ3v) is 4.38. The Labute approximate surface area is 162 Å². The molecule has 26 heavy (non-hydrogen) atoms. The normalized spacial score (nSPS) is 11.7. The number of aromatic amines is 1. The lowest BCUT2D eigenvalue weighted by Crippen LogP contribution is -2.29. The van der Waals surface area contributed by atoms with Crippen molar-refractivity contribution in [2.75, 3.05) is 13.6 Å². The first-order valence-electron chi connectivity index (χ1n) is 9.15. The molecule has 0 aliphatic carbocycles. The van der Waals surface area contributed by atoms with Crippen LogP contribution in [0.4, 0.5) is 0 Å². The molecule has 2 aromatic rings. The second-order valence-electron chi connectivity index (χ2n) is 6.79. The highest BCUT2D eigenvalue weighted by Crippen LogP contribution is 2.17. The summed E-state index contributed by atoms with van der Waals surface area (Å²) in [6.45, 7) is 2.75. The van der Waals surface area contributed by atoms with Gasteiger partial charge in [-0.05, 0) is 38.7 Å². The van der Waals surface area contributed by atoms with Gasteiger partial charge in [-0.1, -0.05) is 36.8 Å². The molecular formula is C20H31ClN4O. The molecule has 5 nitrogen and oxygen atoms in total. The third-order valence-electron chi connectivity index (χ3n) is 4.38. The maximum absolute atomic E-state index is 11.9. The molecule has 0 fully saturated rings. The fourth-order valence-electron chi connectivity index (χ4n) is 2.75. The molecule has 1 heterocycles. The van der Waals surface area contributed by atoms with Crippen molar-refractivity contribution >= 4 is 18.3 Å². The predicted molar refractivity (Wildman–Crippen MR) is 109 cm³/mol. The van der Waals surface area contributed by atoms with Crippen molar-refractivity contribution in [3.8, 4) is 11.3 Å². The quantitative estimate of drug-likeness (QED) is 0.617. The Kier molecular flexibility index (Phi) is 9.99. The average molecular weight is 379 g/mol. The number of H-pyrrole nitrogens is 1. The summed E-state index contributed by atoms with van der Waals surface area (Å²) in [6.07, 6.45) is 5.52. The predicted octanol–water partition coefficient (Wildman–Crippen LogP) is 3.80. The Balaban J connectivity index is 0.00000338. The number of unbranched alkanes of at least 4 members (excludes halogenated alkanes) is 2. The number of amides is 1. The minimum absolute atomic E-state index is 0. The van der Waals surface area contributed by atoms with Crippen LogP contribution in [0.3, 0.4) is 0 Å². The summed E-state index contributed by atoms with van der Waals surface area (Å²) in [5.41, 5.74) is 8.99. The summed E-state index contributed by atoms with van der Waals surface area (Å²) in [6, 6.07) is 12.4. The van der Waals surface area contributed by atoms with Crippen LogP contribution in [0.5, 0.6) is 0 Å². The minimum Gasteiger partial charge on any atom is -0.346 e. The van der Waals surface area contributed by atoms with Gasteiger partial charge < -0.3 is 10.6 Å². The number of aryl methyl sites for hydroxylation is 1. The molecule has 0 saturated carbocycles. The van der Waals surface area contributed by atoms with Crippen molar-refractivity contribution in [1.82, 2.24) is 15.1 Å². The number of carbonyl (C=O) groups excluding carboxylic acids is 1. The van der Waals surface area contributed by atoms with Crippen molar-refractivity contribution in [1.29, 1.82) is 0 Å². The average Bonchev–Trinajstić information content (AvgIpc) is 3.08. The van der Waals surface area contributed by atoms with Crippen molar-refractivity contribution < 1.29 is 4.79 Å². The molecule has 0 saturated heterocycles. The second kappa shape index (κ2) is 11.7. The Hall–Kier alpha value is -1.85. The highest BCUT2D eigenvalue weighted by Gasteiger charge is 2.09. The molecule has 1 atom stereocenters. The fourth-order valence-corrected chi connectivity index (χ4v) is 2.75. The number of nitrogens with zero attached hydrogens (tertiary/aromatic N) is 2. The Morgan fingerprint density at radius 1 is 1.23 bits per heavy atom. The number of nitrogens with two attached hydrogens (primary N) is 1. The van der Waals surface area contributed by atoms with Crippen LogP contribution >= 0.6 is 12.4 Å². The topological polar surface area (TPSA) is 75.0 Å². The van der Waals surface area contributed by atoms with E-state index in [1.165, 1.54) is 5.69 Å². The Bertz CT molecular complexity index is 642. The van der Waals surface area contributed by atoms with Gasteiger partial charge in [-0.3, -0.25) is 9.89 Å². The molecule has 2 rings (SSSR count). The maximum atomic E-state index is 11.9.